The number of hydrogen-bond donors (Lipinski definition) is 2. The third-order valence-corrected chi connectivity index (χ3v) is 3.57. The van der Waals surface area contributed by atoms with Crippen LogP contribution in [0.25, 0.3) is 16.9 Å². The van der Waals surface area contributed by atoms with E-state index in [2.05, 4.69) is 37.8 Å². The number of fused-ring (bicyclic) bond motifs is 1. The molecule has 0 spiro atoms. The summed E-state index contributed by atoms with van der Waals surface area (Å²) < 4.78 is 2.04. The fourth-order valence-electron chi connectivity index (χ4n) is 1.76. The Morgan fingerprint density at radius 2 is 2.00 bits per heavy atom. The van der Waals surface area contributed by atoms with Gasteiger partial charge in [0.2, 0.25) is 5.95 Å². The number of aromatic nitrogens is 4. The molecule has 0 saturated carbocycles. The summed E-state index contributed by atoms with van der Waals surface area (Å²) in [6.45, 7) is 0. The number of hydrogen-bond acceptors (Lipinski definition) is 4. The van der Waals surface area contributed by atoms with Crippen molar-refractivity contribution in [3.8, 4) is 11.3 Å². The predicted molar refractivity (Wildman–Crippen MR) is 76.2 cm³/mol. The summed E-state index contributed by atoms with van der Waals surface area (Å²) >= 11 is 2.11. The molecule has 0 unspecified atom stereocenters. The van der Waals surface area contributed by atoms with Crippen LogP contribution in [-0.4, -0.2) is 19.6 Å². The minimum atomic E-state index is -0.382. The van der Waals surface area contributed by atoms with Gasteiger partial charge in [0.25, 0.3) is 0 Å². The Morgan fingerprint density at radius 1 is 1.28 bits per heavy atom. The lowest BCUT2D eigenvalue weighted by atomic mass is 10.1. The molecule has 6 nitrogen and oxygen atoms in total. The van der Waals surface area contributed by atoms with E-state index in [0.717, 1.165) is 14.8 Å². The summed E-state index contributed by atoms with van der Waals surface area (Å²) in [6, 6.07) is 9.64. The first-order chi connectivity index (χ1) is 8.68. The number of nitrogens with one attached hydrogen (secondary N) is 1. The molecule has 3 rings (SSSR count). The Morgan fingerprint density at radius 3 is 2.72 bits per heavy atom. The van der Waals surface area contributed by atoms with E-state index in [1.165, 1.54) is 4.40 Å². The topological polar surface area (TPSA) is 89.1 Å². The third kappa shape index (κ3) is 1.58. The summed E-state index contributed by atoms with van der Waals surface area (Å²) in [6.07, 6.45) is 0. The third-order valence-electron chi connectivity index (χ3n) is 2.58. The lowest BCUT2D eigenvalue weighted by molar-refractivity contribution is 1.01. The number of nitrogens with zero attached hydrogens (tertiary/aromatic N) is 3. The molecular formula is C11H8IN5O. The average Bonchev–Trinajstić information content (AvgIpc) is 2.78. The van der Waals surface area contributed by atoms with Crippen LogP contribution in [0.15, 0.2) is 35.1 Å². The number of H-pyrrole nitrogens is 1. The van der Waals surface area contributed by atoms with E-state index in [4.69, 9.17) is 5.73 Å². The molecule has 0 saturated heterocycles. The second-order valence-corrected chi connectivity index (χ2v) is 4.77. The molecule has 18 heavy (non-hydrogen) atoms. The van der Waals surface area contributed by atoms with Crippen LogP contribution >= 0.6 is 22.6 Å². The number of aromatic amines is 1. The Balaban J connectivity index is 2.39. The van der Waals surface area contributed by atoms with E-state index in [-0.39, 0.29) is 11.6 Å². The summed E-state index contributed by atoms with van der Waals surface area (Å²) in [7, 11) is 0. The molecule has 0 atom stereocenters. The summed E-state index contributed by atoms with van der Waals surface area (Å²) in [5.41, 5.74) is 7.57. The highest BCUT2D eigenvalue weighted by molar-refractivity contribution is 14.1. The first-order valence-electron chi connectivity index (χ1n) is 5.16. The van der Waals surface area contributed by atoms with Gasteiger partial charge in [0.15, 0.2) is 5.65 Å². The van der Waals surface area contributed by atoms with Crippen LogP contribution in [0.5, 0.6) is 0 Å². The monoisotopic (exact) mass is 353 g/mol. The highest BCUT2D eigenvalue weighted by Gasteiger charge is 2.15. The zero-order chi connectivity index (χ0) is 12.7. The van der Waals surface area contributed by atoms with Gasteiger partial charge in [-0.15, -0.1) is 0 Å². The van der Waals surface area contributed by atoms with Crippen molar-refractivity contribution in [2.24, 2.45) is 0 Å². The largest absolute Gasteiger partial charge is 0.369 e. The van der Waals surface area contributed by atoms with Gasteiger partial charge in [-0.25, -0.2) is 19.3 Å². The zero-order valence-corrected chi connectivity index (χ0v) is 11.2. The molecule has 7 heteroatoms. The van der Waals surface area contributed by atoms with Crippen LogP contribution in [0.2, 0.25) is 0 Å². The quantitative estimate of drug-likeness (QED) is 0.645. The van der Waals surface area contributed by atoms with Crippen LogP contribution < -0.4 is 11.4 Å². The van der Waals surface area contributed by atoms with Gasteiger partial charge in [0, 0.05) is 5.56 Å². The van der Waals surface area contributed by atoms with Gasteiger partial charge in [-0.2, -0.15) is 5.10 Å². The average molecular weight is 353 g/mol. The number of rotatable bonds is 1. The lowest BCUT2D eigenvalue weighted by Crippen LogP contribution is -2.15. The maximum atomic E-state index is 11.5. The van der Waals surface area contributed by atoms with Crippen molar-refractivity contribution in [3.63, 3.8) is 0 Å². The van der Waals surface area contributed by atoms with Crippen molar-refractivity contribution in [2.75, 3.05) is 5.73 Å². The first-order valence-corrected chi connectivity index (χ1v) is 6.24. The summed E-state index contributed by atoms with van der Waals surface area (Å²) in [4.78, 5) is 15.8. The summed E-state index contributed by atoms with van der Waals surface area (Å²) in [5, 5.41) is 6.33. The van der Waals surface area contributed by atoms with E-state index in [1.54, 1.807) is 0 Å². The molecule has 0 aliphatic heterocycles. The molecule has 0 bridgehead atoms. The molecule has 3 N–H and O–H groups in total. The van der Waals surface area contributed by atoms with E-state index in [1.807, 2.05) is 30.3 Å². The Labute approximate surface area is 115 Å². The van der Waals surface area contributed by atoms with Crippen molar-refractivity contribution in [3.05, 3.63) is 44.4 Å². The Kier molecular flexibility index (Phi) is 2.54. The lowest BCUT2D eigenvalue weighted by Gasteiger charge is -2.06. The number of nitrogen functional groups attached to an aromatic ring is 1. The van der Waals surface area contributed by atoms with Crippen LogP contribution in [0.1, 0.15) is 0 Å². The number of nitrogens with two attached hydrogens (primary N) is 1. The molecule has 0 fully saturated rings. The SMILES string of the molecule is Nc1nc(-c2ccccc2)c(I)c2n[nH]c(=O)n12. The van der Waals surface area contributed by atoms with Crippen molar-refractivity contribution < 1.29 is 0 Å². The van der Waals surface area contributed by atoms with Gasteiger partial charge in [-0.1, -0.05) is 30.3 Å². The fraction of sp³-hybridized carbons (Fsp3) is 0. The second-order valence-electron chi connectivity index (χ2n) is 3.69. The van der Waals surface area contributed by atoms with Gasteiger partial charge in [-0.05, 0) is 22.6 Å². The standard InChI is InChI=1S/C11H8IN5O/c12-7-8(6-4-2-1-3-5-6)14-10(13)17-9(7)15-16-11(17)18/h1-5H,(H2,13,14)(H,16,18). The zero-order valence-electron chi connectivity index (χ0n) is 9.09. The molecule has 1 aromatic carbocycles. The molecule has 0 aliphatic rings. The van der Waals surface area contributed by atoms with E-state index in [9.17, 15) is 4.79 Å². The van der Waals surface area contributed by atoms with Gasteiger partial charge in [0.05, 0.1) is 9.26 Å². The molecular weight excluding hydrogens is 345 g/mol. The molecule has 0 aliphatic carbocycles. The van der Waals surface area contributed by atoms with Crippen LogP contribution in [0.4, 0.5) is 5.95 Å². The van der Waals surface area contributed by atoms with Crippen LogP contribution in [-0.2, 0) is 0 Å². The smallest absolute Gasteiger partial charge is 0.350 e. The van der Waals surface area contributed by atoms with E-state index in [0.29, 0.717) is 5.65 Å². The Bertz CT molecular complexity index is 777. The molecule has 0 amide bonds. The summed E-state index contributed by atoms with van der Waals surface area (Å²) in [5.74, 6) is 0.128. The van der Waals surface area contributed by atoms with Gasteiger partial charge < -0.3 is 5.73 Å². The predicted octanol–water partition coefficient (Wildman–Crippen LogP) is 1.27. The van der Waals surface area contributed by atoms with E-state index < -0.39 is 0 Å². The first kappa shape index (κ1) is 11.2. The highest BCUT2D eigenvalue weighted by Crippen LogP contribution is 2.26. The van der Waals surface area contributed by atoms with Gasteiger partial charge >= 0.3 is 5.69 Å². The maximum Gasteiger partial charge on any atom is 0.350 e. The van der Waals surface area contributed by atoms with Crippen molar-refractivity contribution in [1.29, 1.82) is 0 Å². The van der Waals surface area contributed by atoms with Crippen molar-refractivity contribution in [2.45, 2.75) is 0 Å². The molecule has 90 valence electrons. The molecule has 3 aromatic rings. The molecule has 2 aromatic heterocycles. The van der Waals surface area contributed by atoms with Gasteiger partial charge in [0.1, 0.15) is 0 Å². The minimum absolute atomic E-state index is 0.128. The second kappa shape index (κ2) is 4.09. The van der Waals surface area contributed by atoms with E-state index >= 15 is 0 Å². The molecule has 0 radical (unpaired) electrons. The highest BCUT2D eigenvalue weighted by atomic mass is 127. The minimum Gasteiger partial charge on any atom is -0.369 e. The Hall–Kier alpha value is -1.90. The number of anilines is 1. The van der Waals surface area contributed by atoms with Crippen molar-refractivity contribution >= 4 is 34.2 Å². The maximum absolute atomic E-state index is 11.5. The van der Waals surface area contributed by atoms with Crippen LogP contribution in [0.3, 0.4) is 0 Å². The van der Waals surface area contributed by atoms with Gasteiger partial charge in [-0.3, -0.25) is 0 Å². The number of halogens is 1. The number of benzene rings is 1. The van der Waals surface area contributed by atoms with Crippen LogP contribution in [0, 0.1) is 3.57 Å². The van der Waals surface area contributed by atoms with Crippen molar-refractivity contribution in [1.82, 2.24) is 19.6 Å². The fourth-order valence-corrected chi connectivity index (χ4v) is 2.56. The molecule has 2 heterocycles. The normalized spacial score (nSPS) is 10.9.